The van der Waals surface area contributed by atoms with Crippen molar-refractivity contribution in [3.05, 3.63) is 28.3 Å². The van der Waals surface area contributed by atoms with Gasteiger partial charge in [-0.15, -0.1) is 0 Å². The Balaban J connectivity index is 3.11. The topological polar surface area (TPSA) is 102 Å². The number of benzene rings is 1. The fourth-order valence-corrected chi connectivity index (χ4v) is 1.44. The van der Waals surface area contributed by atoms with Gasteiger partial charge in [-0.1, -0.05) is 6.92 Å². The number of methoxy groups -OCH3 is 1. The molecule has 98 valence electrons. The maximum atomic E-state index is 10.9. The molecule has 2 N–H and O–H groups in total. The van der Waals surface area contributed by atoms with Crippen LogP contribution in [0.25, 0.3) is 0 Å². The van der Waals surface area contributed by atoms with Crippen LogP contribution in [-0.4, -0.2) is 29.2 Å². The van der Waals surface area contributed by atoms with E-state index in [9.17, 15) is 14.9 Å². The van der Waals surface area contributed by atoms with Gasteiger partial charge in [-0.3, -0.25) is 10.1 Å². The van der Waals surface area contributed by atoms with Crippen molar-refractivity contribution < 1.29 is 19.6 Å². The third-order valence-corrected chi connectivity index (χ3v) is 2.44. The molecule has 7 heteroatoms. The molecule has 0 radical (unpaired) electrons. The van der Waals surface area contributed by atoms with E-state index in [0.29, 0.717) is 12.2 Å². The van der Waals surface area contributed by atoms with Crippen molar-refractivity contribution in [2.45, 2.75) is 19.4 Å². The third kappa shape index (κ3) is 3.09. The molecule has 0 bridgehead atoms. The largest absolute Gasteiger partial charge is 0.497 e. The van der Waals surface area contributed by atoms with E-state index in [4.69, 9.17) is 9.84 Å². The summed E-state index contributed by atoms with van der Waals surface area (Å²) in [4.78, 5) is 21.2. The maximum absolute atomic E-state index is 10.9. The Morgan fingerprint density at radius 1 is 1.61 bits per heavy atom. The first kappa shape index (κ1) is 13.8. The van der Waals surface area contributed by atoms with Crippen LogP contribution in [0, 0.1) is 10.1 Å². The van der Waals surface area contributed by atoms with E-state index in [-0.39, 0.29) is 11.4 Å². The standard InChI is InChI=1S/C11H14N2O5/c1-3-8(11(14)15)12-9-6-7(18-2)4-5-10(9)13(16)17/h4-6,8,12H,3H2,1-2H3,(H,14,15). The van der Waals surface area contributed by atoms with Crippen LogP contribution in [-0.2, 0) is 4.79 Å². The Kier molecular flexibility index (Phi) is 4.47. The first-order valence-corrected chi connectivity index (χ1v) is 5.31. The lowest BCUT2D eigenvalue weighted by Crippen LogP contribution is -2.28. The molecule has 1 aromatic carbocycles. The van der Waals surface area contributed by atoms with Crippen LogP contribution in [0.4, 0.5) is 11.4 Å². The van der Waals surface area contributed by atoms with E-state index in [1.807, 2.05) is 0 Å². The van der Waals surface area contributed by atoms with Crippen LogP contribution in [0.15, 0.2) is 18.2 Å². The first-order valence-electron chi connectivity index (χ1n) is 5.31. The van der Waals surface area contributed by atoms with Crippen molar-refractivity contribution in [3.8, 4) is 5.75 Å². The molecule has 1 rings (SSSR count). The van der Waals surface area contributed by atoms with Gasteiger partial charge in [0.1, 0.15) is 17.5 Å². The zero-order valence-corrected chi connectivity index (χ0v) is 10.0. The molecule has 0 spiro atoms. The minimum Gasteiger partial charge on any atom is -0.497 e. The lowest BCUT2D eigenvalue weighted by atomic mass is 10.2. The maximum Gasteiger partial charge on any atom is 0.326 e. The summed E-state index contributed by atoms with van der Waals surface area (Å²) in [5.41, 5.74) is -0.0518. The molecular formula is C11H14N2O5. The number of nitro benzene ring substituents is 1. The van der Waals surface area contributed by atoms with E-state index in [1.54, 1.807) is 6.92 Å². The number of anilines is 1. The summed E-state index contributed by atoms with van der Waals surface area (Å²) in [5, 5.41) is 22.4. The molecule has 7 nitrogen and oxygen atoms in total. The lowest BCUT2D eigenvalue weighted by Gasteiger charge is -2.14. The van der Waals surface area contributed by atoms with Crippen LogP contribution in [0.2, 0.25) is 0 Å². The van der Waals surface area contributed by atoms with Gasteiger partial charge in [-0.25, -0.2) is 4.79 Å². The Morgan fingerprint density at radius 3 is 2.72 bits per heavy atom. The lowest BCUT2D eigenvalue weighted by molar-refractivity contribution is -0.384. The van der Waals surface area contributed by atoms with Crippen molar-refractivity contribution in [2.24, 2.45) is 0 Å². The number of carbonyl (C=O) groups is 1. The SMILES string of the molecule is CCC(Nc1cc(OC)ccc1[N+](=O)[O-])C(=O)O. The highest BCUT2D eigenvalue weighted by Gasteiger charge is 2.21. The number of rotatable bonds is 6. The molecule has 0 saturated heterocycles. The molecule has 0 fully saturated rings. The van der Waals surface area contributed by atoms with Crippen LogP contribution in [0.3, 0.4) is 0 Å². The second-order valence-corrected chi connectivity index (χ2v) is 3.58. The molecule has 1 unspecified atom stereocenters. The predicted octanol–water partition coefficient (Wildman–Crippen LogP) is 1.88. The Morgan fingerprint density at radius 2 is 2.28 bits per heavy atom. The van der Waals surface area contributed by atoms with Gasteiger partial charge in [0, 0.05) is 12.1 Å². The van der Waals surface area contributed by atoms with Crippen LogP contribution >= 0.6 is 0 Å². The Hall–Kier alpha value is -2.31. The second kappa shape index (κ2) is 5.85. The fraction of sp³-hybridized carbons (Fsp3) is 0.364. The number of ether oxygens (including phenoxy) is 1. The van der Waals surface area contributed by atoms with Crippen molar-refractivity contribution in [1.82, 2.24) is 0 Å². The summed E-state index contributed by atoms with van der Waals surface area (Å²) < 4.78 is 4.96. The van der Waals surface area contributed by atoms with E-state index in [1.165, 1.54) is 25.3 Å². The summed E-state index contributed by atoms with van der Waals surface area (Å²) in [6.45, 7) is 1.68. The van der Waals surface area contributed by atoms with Gasteiger partial charge in [0.2, 0.25) is 0 Å². The first-order chi connectivity index (χ1) is 8.49. The van der Waals surface area contributed by atoms with Gasteiger partial charge >= 0.3 is 5.97 Å². The summed E-state index contributed by atoms with van der Waals surface area (Å²) in [6, 6.07) is 3.25. The molecule has 0 aromatic heterocycles. The highest BCUT2D eigenvalue weighted by atomic mass is 16.6. The molecule has 1 atom stereocenters. The van der Waals surface area contributed by atoms with Crippen molar-refractivity contribution >= 4 is 17.3 Å². The summed E-state index contributed by atoms with van der Waals surface area (Å²) in [5.74, 6) is -0.641. The molecule has 0 heterocycles. The summed E-state index contributed by atoms with van der Waals surface area (Å²) in [7, 11) is 1.43. The van der Waals surface area contributed by atoms with Crippen LogP contribution in [0.5, 0.6) is 5.75 Å². The molecule has 18 heavy (non-hydrogen) atoms. The van der Waals surface area contributed by atoms with Gasteiger partial charge in [-0.05, 0) is 12.5 Å². The quantitative estimate of drug-likeness (QED) is 0.593. The Labute approximate surface area is 104 Å². The van der Waals surface area contributed by atoms with Gasteiger partial charge in [0.25, 0.3) is 5.69 Å². The molecule has 1 aromatic rings. The van der Waals surface area contributed by atoms with Gasteiger partial charge < -0.3 is 15.2 Å². The molecule has 0 aliphatic rings. The monoisotopic (exact) mass is 254 g/mol. The molecule has 0 aliphatic heterocycles. The van der Waals surface area contributed by atoms with Gasteiger partial charge in [0.15, 0.2) is 0 Å². The highest BCUT2D eigenvalue weighted by molar-refractivity contribution is 5.79. The predicted molar refractivity (Wildman–Crippen MR) is 65.0 cm³/mol. The summed E-state index contributed by atoms with van der Waals surface area (Å²) >= 11 is 0. The van der Waals surface area contributed by atoms with Gasteiger partial charge in [-0.2, -0.15) is 0 Å². The van der Waals surface area contributed by atoms with E-state index in [0.717, 1.165) is 0 Å². The number of nitro groups is 1. The summed E-state index contributed by atoms with van der Waals surface area (Å²) in [6.07, 6.45) is 0.309. The van der Waals surface area contributed by atoms with E-state index in [2.05, 4.69) is 5.32 Å². The molecular weight excluding hydrogens is 240 g/mol. The average Bonchev–Trinajstić information content (AvgIpc) is 2.34. The van der Waals surface area contributed by atoms with Crippen LogP contribution in [0.1, 0.15) is 13.3 Å². The normalized spacial score (nSPS) is 11.7. The van der Waals surface area contributed by atoms with E-state index < -0.39 is 16.9 Å². The molecule has 0 aliphatic carbocycles. The van der Waals surface area contributed by atoms with Gasteiger partial charge in [0.05, 0.1) is 12.0 Å². The second-order valence-electron chi connectivity index (χ2n) is 3.58. The number of nitrogens with one attached hydrogen (secondary N) is 1. The number of nitrogens with zero attached hydrogens (tertiary/aromatic N) is 1. The average molecular weight is 254 g/mol. The van der Waals surface area contributed by atoms with Crippen LogP contribution < -0.4 is 10.1 Å². The number of carboxylic acids is 1. The highest BCUT2D eigenvalue weighted by Crippen LogP contribution is 2.29. The zero-order valence-electron chi connectivity index (χ0n) is 10.0. The van der Waals surface area contributed by atoms with E-state index >= 15 is 0 Å². The number of hydrogen-bond acceptors (Lipinski definition) is 5. The van der Waals surface area contributed by atoms with Crippen molar-refractivity contribution in [2.75, 3.05) is 12.4 Å². The van der Waals surface area contributed by atoms with Crippen molar-refractivity contribution in [1.29, 1.82) is 0 Å². The number of aliphatic carboxylic acids is 1. The fourth-order valence-electron chi connectivity index (χ4n) is 1.44. The smallest absolute Gasteiger partial charge is 0.326 e. The Bertz CT molecular complexity index is 461. The number of carboxylic acid groups (broad SMARTS) is 1. The number of hydrogen-bond donors (Lipinski definition) is 2. The minimum absolute atomic E-state index is 0.133. The molecule has 0 saturated carbocycles. The molecule has 0 amide bonds. The minimum atomic E-state index is -1.06. The van der Waals surface area contributed by atoms with Crippen molar-refractivity contribution in [3.63, 3.8) is 0 Å². The zero-order chi connectivity index (χ0) is 13.7. The third-order valence-electron chi connectivity index (χ3n) is 2.44.